The van der Waals surface area contributed by atoms with Gasteiger partial charge in [-0.1, -0.05) is 32.0 Å². The minimum atomic E-state index is -1.15. The van der Waals surface area contributed by atoms with Crippen LogP contribution in [0.15, 0.2) is 30.5 Å². The number of aliphatic carboxylic acids is 1. The molecular weight excluding hydrogens is 446 g/mol. The summed E-state index contributed by atoms with van der Waals surface area (Å²) in [7, 11) is 0. The van der Waals surface area contributed by atoms with Crippen LogP contribution in [0.4, 0.5) is 0 Å². The van der Waals surface area contributed by atoms with Gasteiger partial charge in [0.1, 0.15) is 12.1 Å². The quantitative estimate of drug-likeness (QED) is 0.215. The van der Waals surface area contributed by atoms with E-state index in [1.165, 1.54) is 0 Å². The molecule has 3 amide bonds. The summed E-state index contributed by atoms with van der Waals surface area (Å²) in [4.78, 5) is 52.0. The molecule has 0 bridgehead atoms. The van der Waals surface area contributed by atoms with Gasteiger partial charge in [-0.25, -0.2) is 4.79 Å². The van der Waals surface area contributed by atoms with Gasteiger partial charge in [0.15, 0.2) is 0 Å². The Kier molecular flexibility index (Phi) is 9.74. The highest BCUT2D eigenvalue weighted by molar-refractivity contribution is 7.80. The number of carbonyl (C=O) groups is 4. The number of rotatable bonds is 12. The number of H-pyrrole nitrogens is 1. The van der Waals surface area contributed by atoms with Gasteiger partial charge in [0.05, 0.1) is 12.6 Å². The van der Waals surface area contributed by atoms with Crippen molar-refractivity contribution in [2.24, 2.45) is 11.7 Å². The number of fused-ring (bicyclic) bond motifs is 1. The molecule has 3 atom stereocenters. The van der Waals surface area contributed by atoms with Crippen LogP contribution in [0, 0.1) is 5.92 Å². The Hall–Kier alpha value is -3.05. The number of hydrogen-bond donors (Lipinski definition) is 7. The van der Waals surface area contributed by atoms with E-state index in [4.69, 9.17) is 5.73 Å². The highest BCUT2D eigenvalue weighted by Gasteiger charge is 2.28. The molecule has 0 spiro atoms. The number of carboxylic acids is 1. The predicted molar refractivity (Wildman–Crippen MR) is 128 cm³/mol. The van der Waals surface area contributed by atoms with Gasteiger partial charge in [-0.2, -0.15) is 12.6 Å². The molecule has 2 rings (SSSR count). The summed E-state index contributed by atoms with van der Waals surface area (Å²) in [6.45, 7) is 3.32. The summed E-state index contributed by atoms with van der Waals surface area (Å²) in [6, 6.07) is 4.49. The lowest BCUT2D eigenvalue weighted by atomic mass is 10.0. The number of para-hydroxylation sites is 1. The van der Waals surface area contributed by atoms with E-state index in [9.17, 15) is 24.3 Å². The smallest absolute Gasteiger partial charge is 0.326 e. The van der Waals surface area contributed by atoms with Crippen LogP contribution in [0.5, 0.6) is 0 Å². The van der Waals surface area contributed by atoms with Crippen LogP contribution >= 0.6 is 12.6 Å². The summed E-state index contributed by atoms with van der Waals surface area (Å²) in [5, 5.41) is 17.9. The zero-order valence-electron chi connectivity index (χ0n) is 18.6. The number of hydrogen-bond acceptors (Lipinski definition) is 6. The van der Waals surface area contributed by atoms with Crippen LogP contribution in [0.3, 0.4) is 0 Å². The van der Waals surface area contributed by atoms with Crippen molar-refractivity contribution in [1.82, 2.24) is 20.9 Å². The zero-order valence-corrected chi connectivity index (χ0v) is 19.5. The SMILES string of the molecule is CC(C)CC(NC(=O)C(Cc1c[nH]c2ccccc12)NC(=O)CNC(=O)C(N)CS)C(=O)O. The van der Waals surface area contributed by atoms with Crippen molar-refractivity contribution in [3.8, 4) is 0 Å². The number of aromatic amines is 1. The molecule has 0 aliphatic carbocycles. The Morgan fingerprint density at radius 1 is 1.09 bits per heavy atom. The molecule has 0 radical (unpaired) electrons. The van der Waals surface area contributed by atoms with Crippen molar-refractivity contribution in [3.05, 3.63) is 36.0 Å². The molecule has 11 heteroatoms. The monoisotopic (exact) mass is 477 g/mol. The highest BCUT2D eigenvalue weighted by Crippen LogP contribution is 2.19. The maximum Gasteiger partial charge on any atom is 0.326 e. The third kappa shape index (κ3) is 7.79. The molecule has 1 aromatic heterocycles. The second-order valence-corrected chi connectivity index (χ2v) is 8.58. The first-order valence-electron chi connectivity index (χ1n) is 10.6. The van der Waals surface area contributed by atoms with Gasteiger partial charge in [-0.05, 0) is 24.0 Å². The molecule has 0 saturated carbocycles. The second-order valence-electron chi connectivity index (χ2n) is 8.22. The van der Waals surface area contributed by atoms with E-state index in [2.05, 4.69) is 33.6 Å². The number of amides is 3. The zero-order chi connectivity index (χ0) is 24.5. The van der Waals surface area contributed by atoms with Crippen LogP contribution < -0.4 is 21.7 Å². The standard InChI is InChI=1S/C22H31N5O5S/c1-12(2)7-18(22(31)32)27-21(30)17(26-19(28)10-25-20(29)15(23)11-33)8-13-9-24-16-6-4-3-5-14(13)16/h3-6,9,12,15,17-18,24,33H,7-8,10-11,23H2,1-2H3,(H,25,29)(H,26,28)(H,27,30)(H,31,32). The largest absolute Gasteiger partial charge is 0.480 e. The first kappa shape index (κ1) is 26.2. The maximum absolute atomic E-state index is 13.0. The lowest BCUT2D eigenvalue weighted by Gasteiger charge is -2.22. The molecule has 3 unspecified atom stereocenters. The van der Waals surface area contributed by atoms with E-state index in [0.29, 0.717) is 0 Å². The average molecular weight is 478 g/mol. The summed E-state index contributed by atoms with van der Waals surface area (Å²) < 4.78 is 0. The number of carbonyl (C=O) groups excluding carboxylic acids is 3. The molecule has 33 heavy (non-hydrogen) atoms. The first-order valence-corrected chi connectivity index (χ1v) is 11.3. The summed E-state index contributed by atoms with van der Waals surface area (Å²) in [5.41, 5.74) is 7.22. The molecular formula is C22H31N5O5S. The molecule has 10 nitrogen and oxygen atoms in total. The van der Waals surface area contributed by atoms with E-state index in [0.717, 1.165) is 16.5 Å². The maximum atomic E-state index is 13.0. The normalized spacial score (nSPS) is 13.8. The molecule has 0 aliphatic rings. The van der Waals surface area contributed by atoms with Gasteiger partial charge in [0, 0.05) is 29.3 Å². The Balaban J connectivity index is 2.17. The topological polar surface area (TPSA) is 166 Å². The fraction of sp³-hybridized carbons (Fsp3) is 0.455. The number of nitrogens with one attached hydrogen (secondary N) is 4. The Morgan fingerprint density at radius 3 is 2.42 bits per heavy atom. The fourth-order valence-corrected chi connectivity index (χ4v) is 3.49. The van der Waals surface area contributed by atoms with E-state index >= 15 is 0 Å². The fourth-order valence-electron chi connectivity index (χ4n) is 3.32. The van der Waals surface area contributed by atoms with Gasteiger partial charge in [0.2, 0.25) is 17.7 Å². The molecule has 0 saturated heterocycles. The third-order valence-corrected chi connectivity index (χ3v) is 5.42. The number of benzene rings is 1. The minimum Gasteiger partial charge on any atom is -0.480 e. The molecule has 180 valence electrons. The first-order chi connectivity index (χ1) is 15.6. The van der Waals surface area contributed by atoms with Gasteiger partial charge < -0.3 is 31.8 Å². The molecule has 1 aromatic carbocycles. The van der Waals surface area contributed by atoms with Crippen LogP contribution in [0.2, 0.25) is 0 Å². The van der Waals surface area contributed by atoms with Crippen molar-refractivity contribution in [1.29, 1.82) is 0 Å². The number of thiol groups is 1. The lowest BCUT2D eigenvalue weighted by Crippen LogP contribution is -2.54. The second kappa shape index (κ2) is 12.3. The van der Waals surface area contributed by atoms with Crippen molar-refractivity contribution in [3.63, 3.8) is 0 Å². The summed E-state index contributed by atoms with van der Waals surface area (Å²) >= 11 is 3.94. The predicted octanol–water partition coefficient (Wildman–Crippen LogP) is 0.184. The van der Waals surface area contributed by atoms with Crippen LogP contribution in [-0.2, 0) is 25.6 Å². The van der Waals surface area contributed by atoms with Crippen molar-refractivity contribution >= 4 is 47.2 Å². The van der Waals surface area contributed by atoms with Gasteiger partial charge in [-0.3, -0.25) is 14.4 Å². The molecule has 2 aromatic rings. The summed E-state index contributed by atoms with van der Waals surface area (Å²) in [6.07, 6.45) is 2.11. The molecule has 7 N–H and O–H groups in total. The average Bonchev–Trinajstić information content (AvgIpc) is 3.18. The summed E-state index contributed by atoms with van der Waals surface area (Å²) in [5.74, 6) is -2.77. The van der Waals surface area contributed by atoms with E-state index in [1.807, 2.05) is 38.1 Å². The lowest BCUT2D eigenvalue weighted by molar-refractivity contribution is -0.142. The van der Waals surface area contributed by atoms with Crippen molar-refractivity contribution in [2.45, 2.75) is 44.8 Å². The van der Waals surface area contributed by atoms with E-state index < -0.39 is 41.8 Å². The molecule has 1 heterocycles. The highest BCUT2D eigenvalue weighted by atomic mass is 32.1. The molecule has 0 aliphatic heterocycles. The van der Waals surface area contributed by atoms with Gasteiger partial charge in [0.25, 0.3) is 0 Å². The minimum absolute atomic E-state index is 0.0410. The number of nitrogens with two attached hydrogens (primary N) is 1. The Labute approximate surface area is 197 Å². The van der Waals surface area contributed by atoms with E-state index in [-0.39, 0.29) is 31.1 Å². The van der Waals surface area contributed by atoms with Gasteiger partial charge >= 0.3 is 5.97 Å². The van der Waals surface area contributed by atoms with Crippen LogP contribution in [-0.4, -0.2) is 64.2 Å². The number of aromatic nitrogens is 1. The van der Waals surface area contributed by atoms with Crippen molar-refractivity contribution < 1.29 is 24.3 Å². The van der Waals surface area contributed by atoms with E-state index in [1.54, 1.807) is 6.20 Å². The Morgan fingerprint density at radius 2 is 1.79 bits per heavy atom. The van der Waals surface area contributed by atoms with Crippen molar-refractivity contribution in [2.75, 3.05) is 12.3 Å². The number of carboxylic acid groups (broad SMARTS) is 1. The third-order valence-electron chi connectivity index (χ3n) is 5.03. The van der Waals surface area contributed by atoms with Crippen LogP contribution in [0.1, 0.15) is 25.8 Å². The van der Waals surface area contributed by atoms with Gasteiger partial charge in [-0.15, -0.1) is 0 Å². The van der Waals surface area contributed by atoms with Crippen LogP contribution in [0.25, 0.3) is 10.9 Å². The Bertz CT molecular complexity index is 992. The molecule has 0 fully saturated rings.